The van der Waals surface area contributed by atoms with Crippen molar-refractivity contribution in [2.45, 2.75) is 20.3 Å². The highest BCUT2D eigenvalue weighted by atomic mass is 19.1. The molecule has 112 valence electrons. The van der Waals surface area contributed by atoms with E-state index in [2.05, 4.69) is 27.5 Å². The molecule has 5 nitrogen and oxygen atoms in total. The summed E-state index contributed by atoms with van der Waals surface area (Å²) in [7, 11) is 1.57. The maximum absolute atomic E-state index is 13.1. The third-order valence-electron chi connectivity index (χ3n) is 2.99. The molecule has 0 radical (unpaired) electrons. The summed E-state index contributed by atoms with van der Waals surface area (Å²) < 4.78 is 18.5. The number of methoxy groups -OCH3 is 1. The smallest absolute Gasteiger partial charge is 0.204 e. The molecule has 21 heavy (non-hydrogen) atoms. The number of halogens is 1. The highest BCUT2D eigenvalue weighted by molar-refractivity contribution is 5.70. The molecule has 0 saturated carbocycles. The third-order valence-corrected chi connectivity index (χ3v) is 2.99. The van der Waals surface area contributed by atoms with Crippen LogP contribution in [0.2, 0.25) is 0 Å². The Bertz CT molecular complexity index is 619. The summed E-state index contributed by atoms with van der Waals surface area (Å²) in [6.07, 6.45) is 2.44. The summed E-state index contributed by atoms with van der Waals surface area (Å²) in [5.74, 6) is 1.45. The molecule has 6 heteroatoms. The summed E-state index contributed by atoms with van der Waals surface area (Å²) in [6, 6.07) is 4.54. The van der Waals surface area contributed by atoms with Gasteiger partial charge in [-0.15, -0.1) is 0 Å². The van der Waals surface area contributed by atoms with E-state index in [9.17, 15) is 4.39 Å². The van der Waals surface area contributed by atoms with Crippen LogP contribution in [0.3, 0.4) is 0 Å². The zero-order valence-corrected chi connectivity index (χ0v) is 12.4. The minimum atomic E-state index is -0.266. The first-order valence-electron chi connectivity index (χ1n) is 6.81. The first-order valence-corrected chi connectivity index (χ1v) is 6.81. The normalized spacial score (nSPS) is 10.3. The topological polar surface area (TPSA) is 59.1 Å². The maximum atomic E-state index is 13.1. The number of nitrogens with one attached hydrogen (secondary N) is 2. The number of nitrogens with zero attached hydrogens (tertiary/aromatic N) is 2. The third kappa shape index (κ3) is 3.59. The van der Waals surface area contributed by atoms with E-state index < -0.39 is 0 Å². The van der Waals surface area contributed by atoms with Gasteiger partial charge >= 0.3 is 0 Å². The van der Waals surface area contributed by atoms with Crippen molar-refractivity contribution in [1.29, 1.82) is 0 Å². The zero-order valence-electron chi connectivity index (χ0n) is 12.4. The first kappa shape index (κ1) is 15.0. The van der Waals surface area contributed by atoms with Gasteiger partial charge in [0.1, 0.15) is 12.1 Å². The second-order valence-corrected chi connectivity index (χ2v) is 4.62. The molecular weight excluding hydrogens is 271 g/mol. The molecule has 0 bridgehead atoms. The number of hydrogen-bond donors (Lipinski definition) is 2. The molecule has 2 rings (SSSR count). The van der Waals surface area contributed by atoms with Crippen molar-refractivity contribution in [3.8, 4) is 5.75 Å². The number of aryl methyl sites for hydroxylation is 1. The van der Waals surface area contributed by atoms with Crippen LogP contribution in [0.15, 0.2) is 24.5 Å². The van der Waals surface area contributed by atoms with Crippen molar-refractivity contribution in [2.24, 2.45) is 0 Å². The Balaban J connectivity index is 2.30. The first-order chi connectivity index (χ1) is 10.2. The summed E-state index contributed by atoms with van der Waals surface area (Å²) in [5.41, 5.74) is 1.56. The monoisotopic (exact) mass is 290 g/mol. The number of aromatic nitrogens is 2. The lowest BCUT2D eigenvalue weighted by Crippen LogP contribution is -2.07. The Kier molecular flexibility index (Phi) is 4.92. The molecule has 0 aliphatic carbocycles. The van der Waals surface area contributed by atoms with E-state index in [1.807, 2.05) is 6.92 Å². The molecule has 0 aliphatic heterocycles. The van der Waals surface area contributed by atoms with Gasteiger partial charge in [0.25, 0.3) is 0 Å². The SMILES string of the molecule is CCCNc1ncnc(Nc2ccc(F)cc2C)c1OC. The van der Waals surface area contributed by atoms with Gasteiger partial charge in [-0.25, -0.2) is 14.4 Å². The number of rotatable bonds is 6. The number of ether oxygens (including phenoxy) is 1. The predicted molar refractivity (Wildman–Crippen MR) is 81.8 cm³/mol. The van der Waals surface area contributed by atoms with Crippen LogP contribution in [-0.4, -0.2) is 23.6 Å². The van der Waals surface area contributed by atoms with Gasteiger partial charge in [-0.1, -0.05) is 6.92 Å². The summed E-state index contributed by atoms with van der Waals surface area (Å²) >= 11 is 0. The Hall–Kier alpha value is -2.37. The van der Waals surface area contributed by atoms with Crippen LogP contribution in [0, 0.1) is 12.7 Å². The highest BCUT2D eigenvalue weighted by Crippen LogP contribution is 2.32. The fourth-order valence-corrected chi connectivity index (χ4v) is 1.92. The second kappa shape index (κ2) is 6.88. The molecule has 2 N–H and O–H groups in total. The fraction of sp³-hybridized carbons (Fsp3) is 0.333. The van der Waals surface area contributed by atoms with E-state index in [0.717, 1.165) is 24.2 Å². The van der Waals surface area contributed by atoms with Gasteiger partial charge < -0.3 is 15.4 Å². The van der Waals surface area contributed by atoms with E-state index in [1.54, 1.807) is 13.2 Å². The summed E-state index contributed by atoms with van der Waals surface area (Å²) in [5, 5.41) is 6.34. The Morgan fingerprint density at radius 3 is 2.67 bits per heavy atom. The lowest BCUT2D eigenvalue weighted by molar-refractivity contribution is 0.415. The predicted octanol–water partition coefficient (Wildman–Crippen LogP) is 3.50. The van der Waals surface area contributed by atoms with Gasteiger partial charge in [0, 0.05) is 12.2 Å². The summed E-state index contributed by atoms with van der Waals surface area (Å²) in [4.78, 5) is 8.37. The van der Waals surface area contributed by atoms with Crippen LogP contribution >= 0.6 is 0 Å². The molecule has 0 saturated heterocycles. The molecule has 0 unspecified atom stereocenters. The van der Waals surface area contributed by atoms with Gasteiger partial charge in [-0.05, 0) is 37.1 Å². The Labute approximate surface area is 123 Å². The van der Waals surface area contributed by atoms with Gasteiger partial charge in [-0.3, -0.25) is 0 Å². The molecule has 0 aliphatic rings. The minimum absolute atomic E-state index is 0.266. The highest BCUT2D eigenvalue weighted by Gasteiger charge is 2.12. The van der Waals surface area contributed by atoms with E-state index in [-0.39, 0.29) is 5.82 Å². The lowest BCUT2D eigenvalue weighted by atomic mass is 10.2. The summed E-state index contributed by atoms with van der Waals surface area (Å²) in [6.45, 7) is 4.69. The van der Waals surface area contributed by atoms with Crippen molar-refractivity contribution in [2.75, 3.05) is 24.3 Å². The van der Waals surface area contributed by atoms with Crippen LogP contribution in [-0.2, 0) is 0 Å². The van der Waals surface area contributed by atoms with Gasteiger partial charge in [0.05, 0.1) is 7.11 Å². The number of anilines is 3. The largest absolute Gasteiger partial charge is 0.490 e. The molecule has 1 heterocycles. The van der Waals surface area contributed by atoms with E-state index >= 15 is 0 Å². The van der Waals surface area contributed by atoms with Crippen molar-refractivity contribution < 1.29 is 9.13 Å². The van der Waals surface area contributed by atoms with Crippen LogP contribution < -0.4 is 15.4 Å². The molecule has 0 spiro atoms. The zero-order chi connectivity index (χ0) is 15.2. The lowest BCUT2D eigenvalue weighted by Gasteiger charge is -2.15. The maximum Gasteiger partial charge on any atom is 0.204 e. The quantitative estimate of drug-likeness (QED) is 0.852. The van der Waals surface area contributed by atoms with Crippen molar-refractivity contribution in [1.82, 2.24) is 9.97 Å². The average Bonchev–Trinajstić information content (AvgIpc) is 2.48. The number of hydrogen-bond acceptors (Lipinski definition) is 5. The Morgan fingerprint density at radius 1 is 1.24 bits per heavy atom. The van der Waals surface area contributed by atoms with Crippen LogP contribution in [0.5, 0.6) is 5.75 Å². The van der Waals surface area contributed by atoms with Crippen molar-refractivity contribution in [3.63, 3.8) is 0 Å². The van der Waals surface area contributed by atoms with Gasteiger partial charge in [0.15, 0.2) is 11.6 Å². The standard InChI is InChI=1S/C15H19FN4O/c1-4-7-17-14-13(21-3)15(19-9-18-14)20-12-6-5-11(16)8-10(12)2/h5-6,8-9H,4,7H2,1-3H3,(H2,17,18,19,20). The number of benzene rings is 1. The molecule has 0 fully saturated rings. The van der Waals surface area contributed by atoms with Crippen LogP contribution in [0.4, 0.5) is 21.7 Å². The molecule has 0 atom stereocenters. The molecule has 0 amide bonds. The van der Waals surface area contributed by atoms with Gasteiger partial charge in [-0.2, -0.15) is 0 Å². The second-order valence-electron chi connectivity index (χ2n) is 4.62. The minimum Gasteiger partial charge on any atom is -0.490 e. The van der Waals surface area contributed by atoms with Crippen LogP contribution in [0.25, 0.3) is 0 Å². The van der Waals surface area contributed by atoms with E-state index in [4.69, 9.17) is 4.74 Å². The van der Waals surface area contributed by atoms with Crippen molar-refractivity contribution in [3.05, 3.63) is 35.9 Å². The van der Waals surface area contributed by atoms with Crippen molar-refractivity contribution >= 4 is 17.3 Å². The van der Waals surface area contributed by atoms with E-state index in [1.165, 1.54) is 18.5 Å². The molecule has 1 aromatic heterocycles. The van der Waals surface area contributed by atoms with Gasteiger partial charge in [0.2, 0.25) is 5.75 Å². The van der Waals surface area contributed by atoms with Crippen LogP contribution in [0.1, 0.15) is 18.9 Å². The average molecular weight is 290 g/mol. The Morgan fingerprint density at radius 2 is 2.00 bits per heavy atom. The molecular formula is C15H19FN4O. The fourth-order valence-electron chi connectivity index (χ4n) is 1.92. The molecule has 1 aromatic carbocycles. The van der Waals surface area contributed by atoms with E-state index in [0.29, 0.717) is 17.4 Å². The molecule has 2 aromatic rings.